The van der Waals surface area contributed by atoms with E-state index >= 15 is 0 Å². The maximum absolute atomic E-state index is 11.9. The van der Waals surface area contributed by atoms with Crippen LogP contribution >= 0.6 is 11.8 Å². The lowest BCUT2D eigenvalue weighted by atomic mass is 10.1. The van der Waals surface area contributed by atoms with Crippen molar-refractivity contribution in [3.8, 4) is 0 Å². The average Bonchev–Trinajstić information content (AvgIpc) is 2.71. The molecule has 0 saturated heterocycles. The highest BCUT2D eigenvalue weighted by molar-refractivity contribution is 8.14. The monoisotopic (exact) mass is 375 g/mol. The minimum atomic E-state index is -0.335. The molecular weight excluding hydrogens is 350 g/mol. The molecule has 0 aromatic heterocycles. The van der Waals surface area contributed by atoms with Gasteiger partial charge in [0, 0.05) is 11.7 Å². The maximum Gasteiger partial charge on any atom is 0.311 e. The van der Waals surface area contributed by atoms with E-state index in [0.717, 1.165) is 22.5 Å². The summed E-state index contributed by atoms with van der Waals surface area (Å²) in [5.41, 5.74) is 4.58. The number of hydrogen-bond acceptors (Lipinski definition) is 6. The normalized spacial score (nSPS) is 13.2. The SMILES string of the molecule is COC(=O)CC1=CC(SCC(=O)NC(C)C)=Nc2cc(C)c(C)cc2N1. The number of methoxy groups -OCH3 is 1. The zero-order valence-electron chi connectivity index (χ0n) is 15.8. The van der Waals surface area contributed by atoms with E-state index in [2.05, 4.69) is 15.6 Å². The van der Waals surface area contributed by atoms with E-state index in [9.17, 15) is 9.59 Å². The van der Waals surface area contributed by atoms with Gasteiger partial charge in [0.05, 0.1) is 35.7 Å². The van der Waals surface area contributed by atoms with E-state index in [0.29, 0.717) is 10.7 Å². The van der Waals surface area contributed by atoms with Crippen LogP contribution in [0, 0.1) is 13.8 Å². The number of rotatable bonds is 5. The van der Waals surface area contributed by atoms with Gasteiger partial charge in [-0.05, 0) is 57.0 Å². The van der Waals surface area contributed by atoms with Crippen molar-refractivity contribution in [3.05, 3.63) is 35.0 Å². The minimum absolute atomic E-state index is 0.0480. The topological polar surface area (TPSA) is 79.8 Å². The van der Waals surface area contributed by atoms with Crippen molar-refractivity contribution in [2.24, 2.45) is 4.99 Å². The highest BCUT2D eigenvalue weighted by Gasteiger charge is 2.16. The lowest BCUT2D eigenvalue weighted by Gasteiger charge is -2.12. The molecule has 0 bridgehead atoms. The Morgan fingerprint density at radius 1 is 1.27 bits per heavy atom. The van der Waals surface area contributed by atoms with Crippen LogP contribution in [0.15, 0.2) is 28.9 Å². The number of ether oxygens (including phenoxy) is 1. The van der Waals surface area contributed by atoms with E-state index in [4.69, 9.17) is 4.74 Å². The number of hydrogen-bond donors (Lipinski definition) is 2. The van der Waals surface area contributed by atoms with Crippen LogP contribution in [0.1, 0.15) is 31.4 Å². The maximum atomic E-state index is 11.9. The molecule has 1 amide bonds. The van der Waals surface area contributed by atoms with Gasteiger partial charge in [-0.1, -0.05) is 11.8 Å². The predicted octanol–water partition coefficient (Wildman–Crippen LogP) is 3.46. The van der Waals surface area contributed by atoms with Crippen LogP contribution < -0.4 is 10.6 Å². The first-order valence-corrected chi connectivity index (χ1v) is 9.43. The molecule has 0 fully saturated rings. The molecule has 0 atom stereocenters. The molecule has 7 heteroatoms. The third-order valence-electron chi connectivity index (χ3n) is 3.80. The van der Waals surface area contributed by atoms with E-state index < -0.39 is 0 Å². The summed E-state index contributed by atoms with van der Waals surface area (Å²) in [5.74, 6) is -0.120. The molecule has 1 aromatic carbocycles. The van der Waals surface area contributed by atoms with Gasteiger partial charge in [-0.15, -0.1) is 0 Å². The Labute approximate surface area is 158 Å². The second-order valence-corrected chi connectivity index (χ2v) is 7.46. The summed E-state index contributed by atoms with van der Waals surface area (Å²) >= 11 is 1.34. The van der Waals surface area contributed by atoms with Gasteiger partial charge in [-0.25, -0.2) is 4.99 Å². The number of nitrogens with zero attached hydrogens (tertiary/aromatic N) is 1. The highest BCUT2D eigenvalue weighted by atomic mass is 32.2. The number of carbonyl (C=O) groups excluding carboxylic acids is 2. The Bertz CT molecular complexity index is 770. The van der Waals surface area contributed by atoms with Crippen molar-refractivity contribution >= 4 is 40.1 Å². The Morgan fingerprint density at radius 2 is 1.96 bits per heavy atom. The molecule has 0 unspecified atom stereocenters. The summed E-state index contributed by atoms with van der Waals surface area (Å²) < 4.78 is 4.77. The summed E-state index contributed by atoms with van der Waals surface area (Å²) in [4.78, 5) is 28.3. The number of amides is 1. The summed E-state index contributed by atoms with van der Waals surface area (Å²) in [6.45, 7) is 7.90. The second kappa shape index (κ2) is 8.89. The zero-order chi connectivity index (χ0) is 19.3. The number of esters is 1. The van der Waals surface area contributed by atoms with E-state index in [-0.39, 0.29) is 30.1 Å². The van der Waals surface area contributed by atoms with Gasteiger partial charge < -0.3 is 15.4 Å². The van der Waals surface area contributed by atoms with Gasteiger partial charge in [0.25, 0.3) is 0 Å². The number of fused-ring (bicyclic) bond motifs is 1. The van der Waals surface area contributed by atoms with E-state index in [1.165, 1.54) is 18.9 Å². The summed E-state index contributed by atoms with van der Waals surface area (Å²) in [7, 11) is 1.36. The standard InChI is InChI=1S/C19H25N3O3S/c1-11(2)20-17(23)10-26-18-8-14(9-19(24)25-5)21-15-6-12(3)13(4)7-16(15)22-18/h6-8,11,21H,9-10H2,1-5H3,(H,20,23). The molecule has 0 radical (unpaired) electrons. The fraction of sp³-hybridized carbons (Fsp3) is 0.421. The molecule has 1 aliphatic heterocycles. The summed E-state index contributed by atoms with van der Waals surface area (Å²) in [6, 6.07) is 4.11. The summed E-state index contributed by atoms with van der Waals surface area (Å²) in [5, 5.41) is 6.81. The smallest absolute Gasteiger partial charge is 0.311 e. The van der Waals surface area contributed by atoms with E-state index in [1.54, 1.807) is 6.08 Å². The number of anilines is 1. The van der Waals surface area contributed by atoms with Crippen LogP contribution in [0.2, 0.25) is 0 Å². The molecule has 0 saturated carbocycles. The van der Waals surface area contributed by atoms with Crippen LogP contribution in [0.5, 0.6) is 0 Å². The number of benzene rings is 1. The molecule has 6 nitrogen and oxygen atoms in total. The molecule has 1 aromatic rings. The lowest BCUT2D eigenvalue weighted by molar-refractivity contribution is -0.139. The Hall–Kier alpha value is -2.28. The first-order chi connectivity index (χ1) is 12.3. The summed E-state index contributed by atoms with van der Waals surface area (Å²) in [6.07, 6.45) is 1.91. The quantitative estimate of drug-likeness (QED) is 0.771. The third-order valence-corrected chi connectivity index (χ3v) is 4.71. The number of aliphatic imine (C=N–C) groups is 1. The molecule has 2 N–H and O–H groups in total. The van der Waals surface area contributed by atoms with Crippen molar-refractivity contribution in [1.82, 2.24) is 5.32 Å². The van der Waals surface area contributed by atoms with Crippen LogP contribution in [0.3, 0.4) is 0 Å². The van der Waals surface area contributed by atoms with Crippen LogP contribution in [0.4, 0.5) is 11.4 Å². The van der Waals surface area contributed by atoms with Crippen molar-refractivity contribution in [1.29, 1.82) is 0 Å². The van der Waals surface area contributed by atoms with Gasteiger partial charge >= 0.3 is 5.97 Å². The van der Waals surface area contributed by atoms with Crippen molar-refractivity contribution in [3.63, 3.8) is 0 Å². The zero-order valence-corrected chi connectivity index (χ0v) is 16.6. The molecule has 1 aliphatic rings. The Morgan fingerprint density at radius 3 is 2.62 bits per heavy atom. The molecule has 0 aliphatic carbocycles. The van der Waals surface area contributed by atoms with Crippen LogP contribution in [-0.4, -0.2) is 35.8 Å². The van der Waals surface area contributed by atoms with Gasteiger partial charge in [0.2, 0.25) is 5.91 Å². The number of aryl methyl sites for hydroxylation is 2. The Balaban J connectivity index is 2.29. The van der Waals surface area contributed by atoms with E-state index in [1.807, 2.05) is 39.8 Å². The average molecular weight is 375 g/mol. The number of thioether (sulfide) groups is 1. The minimum Gasteiger partial charge on any atom is -0.469 e. The van der Waals surface area contributed by atoms with Gasteiger partial charge in [0.1, 0.15) is 0 Å². The molecule has 2 rings (SSSR count). The van der Waals surface area contributed by atoms with Gasteiger partial charge in [-0.3, -0.25) is 9.59 Å². The number of nitrogens with one attached hydrogen (secondary N) is 2. The largest absolute Gasteiger partial charge is 0.469 e. The second-order valence-electron chi connectivity index (χ2n) is 6.46. The van der Waals surface area contributed by atoms with Crippen molar-refractivity contribution in [2.45, 2.75) is 40.2 Å². The highest BCUT2D eigenvalue weighted by Crippen LogP contribution is 2.33. The first-order valence-electron chi connectivity index (χ1n) is 8.45. The fourth-order valence-corrected chi connectivity index (χ4v) is 3.15. The molecule has 140 valence electrons. The van der Waals surface area contributed by atoms with Crippen LogP contribution in [0.25, 0.3) is 0 Å². The van der Waals surface area contributed by atoms with Crippen molar-refractivity contribution < 1.29 is 14.3 Å². The predicted molar refractivity (Wildman–Crippen MR) is 107 cm³/mol. The fourth-order valence-electron chi connectivity index (χ4n) is 2.40. The Kier molecular flexibility index (Phi) is 6.85. The third kappa shape index (κ3) is 5.62. The molecule has 1 heterocycles. The van der Waals surface area contributed by atoms with Crippen LogP contribution in [-0.2, 0) is 14.3 Å². The molecule has 26 heavy (non-hydrogen) atoms. The first kappa shape index (κ1) is 20.0. The van der Waals surface area contributed by atoms with Gasteiger partial charge in [0.15, 0.2) is 0 Å². The van der Waals surface area contributed by atoms with Crippen molar-refractivity contribution in [2.75, 3.05) is 18.2 Å². The molecule has 0 spiro atoms. The lowest BCUT2D eigenvalue weighted by Crippen LogP contribution is -2.31. The number of carbonyl (C=O) groups is 2. The molecular formula is C19H25N3O3S. The van der Waals surface area contributed by atoms with Gasteiger partial charge in [-0.2, -0.15) is 0 Å².